The van der Waals surface area contributed by atoms with E-state index in [-0.39, 0.29) is 12.5 Å². The Morgan fingerprint density at radius 3 is 2.48 bits per heavy atom. The van der Waals surface area contributed by atoms with Gasteiger partial charge in [-0.15, -0.1) is 0 Å². The standard InChI is InChI=1S/C22H28N4O3/c1-15-8-10-18(11-9-15)20-13-26(22(28)29-20)14-21(27)24(4)12-6-7-19-16(2)23-25(5)17(19)3/h8-11,13H,6-7,12,14H2,1-5H3. The fourth-order valence-corrected chi connectivity index (χ4v) is 3.40. The molecule has 0 N–H and O–H groups in total. The van der Waals surface area contributed by atoms with Crippen LogP contribution in [0.25, 0.3) is 11.3 Å². The minimum Gasteiger partial charge on any atom is -0.408 e. The summed E-state index contributed by atoms with van der Waals surface area (Å²) >= 11 is 0. The monoisotopic (exact) mass is 396 g/mol. The third kappa shape index (κ3) is 4.67. The van der Waals surface area contributed by atoms with Gasteiger partial charge >= 0.3 is 5.76 Å². The lowest BCUT2D eigenvalue weighted by Crippen LogP contribution is -2.33. The number of nitrogens with zero attached hydrogens (tertiary/aromatic N) is 4. The topological polar surface area (TPSA) is 73.3 Å². The highest BCUT2D eigenvalue weighted by Gasteiger charge is 2.15. The van der Waals surface area contributed by atoms with Crippen LogP contribution in [0.15, 0.2) is 39.7 Å². The van der Waals surface area contributed by atoms with Crippen LogP contribution in [0.2, 0.25) is 0 Å². The molecule has 0 aliphatic heterocycles. The first-order valence-corrected chi connectivity index (χ1v) is 9.76. The zero-order valence-corrected chi connectivity index (χ0v) is 17.7. The van der Waals surface area contributed by atoms with Gasteiger partial charge in [0.15, 0.2) is 5.76 Å². The third-order valence-electron chi connectivity index (χ3n) is 5.35. The second-order valence-corrected chi connectivity index (χ2v) is 7.55. The molecule has 0 saturated heterocycles. The van der Waals surface area contributed by atoms with E-state index in [1.165, 1.54) is 10.1 Å². The number of hydrogen-bond acceptors (Lipinski definition) is 4. The number of carbonyl (C=O) groups excluding carboxylic acids is 1. The molecular weight excluding hydrogens is 368 g/mol. The van der Waals surface area contributed by atoms with Crippen LogP contribution in [0.3, 0.4) is 0 Å². The van der Waals surface area contributed by atoms with E-state index in [1.807, 2.05) is 49.8 Å². The van der Waals surface area contributed by atoms with Gasteiger partial charge in [-0.05, 0) is 39.2 Å². The molecule has 1 aromatic carbocycles. The molecule has 7 nitrogen and oxygen atoms in total. The molecule has 3 aromatic rings. The van der Waals surface area contributed by atoms with Crippen molar-refractivity contribution in [1.82, 2.24) is 19.2 Å². The van der Waals surface area contributed by atoms with Gasteiger partial charge in [0.05, 0.1) is 11.9 Å². The van der Waals surface area contributed by atoms with Crippen LogP contribution in [-0.4, -0.2) is 38.7 Å². The highest BCUT2D eigenvalue weighted by atomic mass is 16.4. The van der Waals surface area contributed by atoms with Crippen LogP contribution in [0, 0.1) is 20.8 Å². The highest BCUT2D eigenvalue weighted by molar-refractivity contribution is 5.75. The van der Waals surface area contributed by atoms with Gasteiger partial charge < -0.3 is 9.32 Å². The summed E-state index contributed by atoms with van der Waals surface area (Å²) in [6, 6.07) is 7.71. The number of oxazole rings is 1. The molecule has 0 saturated carbocycles. The first-order chi connectivity index (χ1) is 13.8. The van der Waals surface area contributed by atoms with Crippen molar-refractivity contribution in [2.24, 2.45) is 7.05 Å². The molecule has 0 unspecified atom stereocenters. The van der Waals surface area contributed by atoms with E-state index < -0.39 is 5.76 Å². The Balaban J connectivity index is 1.58. The van der Waals surface area contributed by atoms with E-state index >= 15 is 0 Å². The van der Waals surface area contributed by atoms with E-state index in [1.54, 1.807) is 18.1 Å². The Labute approximate surface area is 170 Å². The minimum atomic E-state index is -0.524. The van der Waals surface area contributed by atoms with Crippen molar-refractivity contribution in [1.29, 1.82) is 0 Å². The zero-order chi connectivity index (χ0) is 21.1. The Bertz CT molecular complexity index is 1060. The van der Waals surface area contributed by atoms with E-state index in [0.717, 1.165) is 35.4 Å². The maximum absolute atomic E-state index is 12.5. The van der Waals surface area contributed by atoms with Crippen LogP contribution in [-0.2, 0) is 24.8 Å². The number of hydrogen-bond donors (Lipinski definition) is 0. The second kappa shape index (κ2) is 8.51. The average Bonchev–Trinajstić information content (AvgIpc) is 3.15. The molecular formula is C22H28N4O3. The number of amides is 1. The maximum atomic E-state index is 12.5. The Morgan fingerprint density at radius 2 is 1.86 bits per heavy atom. The molecule has 0 bridgehead atoms. The molecule has 7 heteroatoms. The van der Waals surface area contributed by atoms with Crippen LogP contribution >= 0.6 is 0 Å². The lowest BCUT2D eigenvalue weighted by atomic mass is 10.1. The summed E-state index contributed by atoms with van der Waals surface area (Å²) in [6.07, 6.45) is 3.30. The lowest BCUT2D eigenvalue weighted by molar-refractivity contribution is -0.130. The Kier molecular flexibility index (Phi) is 6.06. The molecule has 0 aliphatic rings. The van der Waals surface area contributed by atoms with Crippen LogP contribution in [0.4, 0.5) is 0 Å². The smallest absolute Gasteiger partial charge is 0.408 e. The van der Waals surface area contributed by atoms with Gasteiger partial charge in [0, 0.05) is 31.9 Å². The van der Waals surface area contributed by atoms with Crippen molar-refractivity contribution in [2.75, 3.05) is 13.6 Å². The van der Waals surface area contributed by atoms with Crippen LogP contribution in [0.5, 0.6) is 0 Å². The van der Waals surface area contributed by atoms with E-state index in [9.17, 15) is 9.59 Å². The molecule has 0 aliphatic carbocycles. The van der Waals surface area contributed by atoms with Crippen molar-refractivity contribution in [2.45, 2.75) is 40.2 Å². The zero-order valence-electron chi connectivity index (χ0n) is 17.7. The van der Waals surface area contributed by atoms with Crippen molar-refractivity contribution < 1.29 is 9.21 Å². The van der Waals surface area contributed by atoms with Crippen molar-refractivity contribution in [3.8, 4) is 11.3 Å². The average molecular weight is 396 g/mol. The van der Waals surface area contributed by atoms with Gasteiger partial charge in [0.1, 0.15) is 6.54 Å². The normalized spacial score (nSPS) is 11.1. The van der Waals surface area contributed by atoms with E-state index in [4.69, 9.17) is 4.42 Å². The van der Waals surface area contributed by atoms with Crippen molar-refractivity contribution >= 4 is 5.91 Å². The van der Waals surface area contributed by atoms with Gasteiger partial charge in [-0.1, -0.05) is 29.8 Å². The number of likely N-dealkylation sites (N-methyl/N-ethyl adjacent to an activating group) is 1. The first-order valence-electron chi connectivity index (χ1n) is 9.76. The predicted molar refractivity (Wildman–Crippen MR) is 112 cm³/mol. The maximum Gasteiger partial charge on any atom is 0.419 e. The number of benzene rings is 1. The number of aromatic nitrogens is 3. The molecule has 2 aromatic heterocycles. The molecule has 154 valence electrons. The summed E-state index contributed by atoms with van der Waals surface area (Å²) in [7, 11) is 3.70. The molecule has 2 heterocycles. The molecule has 0 fully saturated rings. The van der Waals surface area contributed by atoms with Crippen molar-refractivity contribution in [3.63, 3.8) is 0 Å². The summed E-state index contributed by atoms with van der Waals surface area (Å²) < 4.78 is 8.52. The summed E-state index contributed by atoms with van der Waals surface area (Å²) in [4.78, 5) is 26.3. The fraction of sp³-hybridized carbons (Fsp3) is 0.409. The van der Waals surface area contributed by atoms with Gasteiger partial charge in [-0.25, -0.2) is 4.79 Å². The van der Waals surface area contributed by atoms with Crippen molar-refractivity contribution in [3.05, 3.63) is 63.5 Å². The molecule has 1 amide bonds. The summed E-state index contributed by atoms with van der Waals surface area (Å²) in [6.45, 7) is 6.64. The minimum absolute atomic E-state index is 0.0321. The van der Waals surface area contributed by atoms with Gasteiger partial charge in [0.25, 0.3) is 0 Å². The number of carbonyl (C=O) groups is 1. The van der Waals surface area contributed by atoms with Gasteiger partial charge in [-0.3, -0.25) is 14.0 Å². The largest absolute Gasteiger partial charge is 0.419 e. The number of rotatable bonds is 7. The second-order valence-electron chi connectivity index (χ2n) is 7.55. The third-order valence-corrected chi connectivity index (χ3v) is 5.35. The lowest BCUT2D eigenvalue weighted by Gasteiger charge is -2.17. The summed E-state index contributed by atoms with van der Waals surface area (Å²) in [5, 5.41) is 4.43. The predicted octanol–water partition coefficient (Wildman–Crippen LogP) is 2.86. The molecule has 29 heavy (non-hydrogen) atoms. The number of aryl methyl sites for hydroxylation is 3. The van der Waals surface area contributed by atoms with Crippen LogP contribution < -0.4 is 5.76 Å². The van der Waals surface area contributed by atoms with E-state index in [0.29, 0.717) is 12.3 Å². The summed E-state index contributed by atoms with van der Waals surface area (Å²) in [5.74, 6) is -0.181. The Hall–Kier alpha value is -3.09. The van der Waals surface area contributed by atoms with Crippen LogP contribution in [0.1, 0.15) is 28.9 Å². The first kappa shape index (κ1) is 20.6. The molecule has 0 spiro atoms. The van der Waals surface area contributed by atoms with E-state index in [2.05, 4.69) is 12.0 Å². The SMILES string of the molecule is Cc1ccc(-c2cn(CC(=O)N(C)CCCc3c(C)nn(C)c3C)c(=O)o2)cc1. The summed E-state index contributed by atoms with van der Waals surface area (Å²) in [5.41, 5.74) is 5.37. The molecule has 3 rings (SSSR count). The van der Waals surface area contributed by atoms with Gasteiger partial charge in [-0.2, -0.15) is 5.10 Å². The Morgan fingerprint density at radius 1 is 1.17 bits per heavy atom. The van der Waals surface area contributed by atoms with Gasteiger partial charge in [0.2, 0.25) is 5.91 Å². The highest BCUT2D eigenvalue weighted by Crippen LogP contribution is 2.18. The molecule has 0 radical (unpaired) electrons. The quantitative estimate of drug-likeness (QED) is 0.616. The molecule has 0 atom stereocenters. The fourth-order valence-electron chi connectivity index (χ4n) is 3.40.